The summed E-state index contributed by atoms with van der Waals surface area (Å²) >= 11 is 0. The van der Waals surface area contributed by atoms with Crippen LogP contribution in [0.15, 0.2) is 23.0 Å². The second kappa shape index (κ2) is 8.63. The topological polar surface area (TPSA) is 25.2 Å². The Bertz CT molecular complexity index is 363. The molecule has 1 aliphatic rings. The van der Waals surface area contributed by atoms with Gasteiger partial charge in [-0.3, -0.25) is 0 Å². The minimum atomic E-state index is 0.460. The van der Waals surface area contributed by atoms with Crippen molar-refractivity contribution < 1.29 is 4.42 Å². The predicted molar refractivity (Wildman–Crippen MR) is 89.5 cm³/mol. The molecule has 1 saturated carbocycles. The summed E-state index contributed by atoms with van der Waals surface area (Å²) in [4.78, 5) is 0. The molecule has 1 heterocycles. The average molecular weight is 291 g/mol. The van der Waals surface area contributed by atoms with Gasteiger partial charge in [-0.2, -0.15) is 0 Å². The van der Waals surface area contributed by atoms with Crippen molar-refractivity contribution in [3.63, 3.8) is 0 Å². The van der Waals surface area contributed by atoms with Crippen LogP contribution in [0.25, 0.3) is 0 Å². The second-order valence-corrected chi connectivity index (χ2v) is 7.07. The first-order valence-corrected chi connectivity index (χ1v) is 9.00. The fourth-order valence-corrected chi connectivity index (χ4v) is 3.84. The lowest BCUT2D eigenvalue weighted by Gasteiger charge is -2.40. The van der Waals surface area contributed by atoms with Crippen LogP contribution >= 0.6 is 0 Å². The molecular weight excluding hydrogens is 258 g/mol. The molecule has 2 nitrogen and oxygen atoms in total. The second-order valence-electron chi connectivity index (χ2n) is 7.07. The van der Waals surface area contributed by atoms with E-state index in [-0.39, 0.29) is 0 Å². The molecule has 1 aliphatic carbocycles. The maximum atomic E-state index is 5.28. The molecule has 21 heavy (non-hydrogen) atoms. The molecule has 0 bridgehead atoms. The van der Waals surface area contributed by atoms with Crippen LogP contribution in [0.1, 0.15) is 70.8 Å². The number of unbranched alkanes of at least 4 members (excludes halogenated alkanes) is 1. The van der Waals surface area contributed by atoms with Gasteiger partial charge in [0.05, 0.1) is 12.5 Å². The molecular formula is C19H33NO. The largest absolute Gasteiger partial charge is 0.472 e. The first kappa shape index (κ1) is 16.6. The molecule has 1 aromatic heterocycles. The van der Waals surface area contributed by atoms with E-state index in [1.54, 1.807) is 0 Å². The number of hydrogen-bond acceptors (Lipinski definition) is 2. The first-order chi connectivity index (χ1) is 10.3. The maximum absolute atomic E-state index is 5.28. The van der Waals surface area contributed by atoms with Gasteiger partial charge in [0, 0.05) is 6.54 Å². The van der Waals surface area contributed by atoms with Crippen molar-refractivity contribution in [1.29, 1.82) is 0 Å². The third kappa shape index (κ3) is 5.18. The third-order valence-electron chi connectivity index (χ3n) is 5.22. The van der Waals surface area contributed by atoms with Crippen molar-refractivity contribution in [3.8, 4) is 0 Å². The Balaban J connectivity index is 1.90. The monoisotopic (exact) mass is 291 g/mol. The zero-order chi connectivity index (χ0) is 15.0. The fraction of sp³-hybridized carbons (Fsp3) is 0.789. The van der Waals surface area contributed by atoms with E-state index in [9.17, 15) is 0 Å². The highest BCUT2D eigenvalue weighted by Gasteiger charge is 2.35. The Morgan fingerprint density at radius 2 is 2.05 bits per heavy atom. The van der Waals surface area contributed by atoms with Crippen LogP contribution in [-0.2, 0) is 6.42 Å². The Labute approximate surface area is 130 Å². The zero-order valence-corrected chi connectivity index (χ0v) is 14.0. The van der Waals surface area contributed by atoms with Gasteiger partial charge in [-0.15, -0.1) is 0 Å². The molecule has 0 aliphatic heterocycles. The fourth-order valence-electron chi connectivity index (χ4n) is 3.84. The van der Waals surface area contributed by atoms with Crippen LogP contribution in [-0.4, -0.2) is 13.1 Å². The highest BCUT2D eigenvalue weighted by atomic mass is 16.3. The number of nitrogens with one attached hydrogen (secondary N) is 1. The van der Waals surface area contributed by atoms with Gasteiger partial charge in [-0.25, -0.2) is 0 Å². The van der Waals surface area contributed by atoms with E-state index in [2.05, 4.69) is 25.2 Å². The maximum Gasteiger partial charge on any atom is 0.0934 e. The van der Waals surface area contributed by atoms with E-state index in [4.69, 9.17) is 4.42 Å². The van der Waals surface area contributed by atoms with Crippen LogP contribution in [0.2, 0.25) is 0 Å². The summed E-state index contributed by atoms with van der Waals surface area (Å²) in [5, 5.41) is 3.69. The summed E-state index contributed by atoms with van der Waals surface area (Å²) in [6.45, 7) is 6.87. The summed E-state index contributed by atoms with van der Waals surface area (Å²) in [6.07, 6.45) is 16.0. The third-order valence-corrected chi connectivity index (χ3v) is 5.22. The van der Waals surface area contributed by atoms with Crippen LogP contribution in [0.3, 0.4) is 0 Å². The number of rotatable bonds is 9. The lowest BCUT2D eigenvalue weighted by Crippen LogP contribution is -2.39. The Morgan fingerprint density at radius 3 is 2.67 bits per heavy atom. The quantitative estimate of drug-likeness (QED) is 0.633. The van der Waals surface area contributed by atoms with Crippen molar-refractivity contribution >= 4 is 0 Å². The molecule has 0 amide bonds. The summed E-state index contributed by atoms with van der Waals surface area (Å²) < 4.78 is 5.28. The van der Waals surface area contributed by atoms with Crippen molar-refractivity contribution in [2.75, 3.05) is 13.1 Å². The van der Waals surface area contributed by atoms with Gasteiger partial charge in [-0.05, 0) is 68.0 Å². The van der Waals surface area contributed by atoms with Crippen molar-refractivity contribution in [2.24, 2.45) is 11.3 Å². The number of hydrogen-bond donors (Lipinski definition) is 1. The van der Waals surface area contributed by atoms with Crippen molar-refractivity contribution in [2.45, 2.75) is 71.6 Å². The van der Waals surface area contributed by atoms with E-state index >= 15 is 0 Å². The Kier molecular flexibility index (Phi) is 6.82. The molecule has 0 unspecified atom stereocenters. The van der Waals surface area contributed by atoms with Crippen LogP contribution in [0.4, 0.5) is 0 Å². The van der Waals surface area contributed by atoms with Gasteiger partial charge in [0.25, 0.3) is 0 Å². The standard InChI is InChI=1S/C19H33NO/c1-3-5-6-17-7-10-19(11-8-17,16-20-12-4-2)14-18-9-13-21-15-18/h9,13,15,17,20H,3-8,10-12,14,16H2,1-2H3. The SMILES string of the molecule is CCCCC1CCC(CNCCC)(Cc2ccoc2)CC1. The smallest absolute Gasteiger partial charge is 0.0934 e. The first-order valence-electron chi connectivity index (χ1n) is 9.00. The molecule has 0 radical (unpaired) electrons. The highest BCUT2D eigenvalue weighted by Crippen LogP contribution is 2.42. The minimum absolute atomic E-state index is 0.460. The Morgan fingerprint density at radius 1 is 1.24 bits per heavy atom. The van der Waals surface area contributed by atoms with E-state index in [1.807, 2.05) is 12.5 Å². The minimum Gasteiger partial charge on any atom is -0.472 e. The highest BCUT2D eigenvalue weighted by molar-refractivity contribution is 5.10. The Hall–Kier alpha value is -0.760. The van der Waals surface area contributed by atoms with Gasteiger partial charge >= 0.3 is 0 Å². The molecule has 120 valence electrons. The molecule has 1 aromatic rings. The van der Waals surface area contributed by atoms with Crippen LogP contribution < -0.4 is 5.32 Å². The van der Waals surface area contributed by atoms with E-state index < -0.39 is 0 Å². The molecule has 1 fully saturated rings. The van der Waals surface area contributed by atoms with Crippen molar-refractivity contribution in [3.05, 3.63) is 24.2 Å². The lowest BCUT2D eigenvalue weighted by atomic mass is 9.67. The van der Waals surface area contributed by atoms with Crippen molar-refractivity contribution in [1.82, 2.24) is 5.32 Å². The van der Waals surface area contributed by atoms with Gasteiger partial charge < -0.3 is 9.73 Å². The zero-order valence-electron chi connectivity index (χ0n) is 14.0. The summed E-state index contributed by atoms with van der Waals surface area (Å²) in [5.41, 5.74) is 1.84. The summed E-state index contributed by atoms with van der Waals surface area (Å²) in [7, 11) is 0. The van der Waals surface area contributed by atoms with E-state index in [0.717, 1.165) is 12.5 Å². The van der Waals surface area contributed by atoms with Gasteiger partial charge in [0.15, 0.2) is 0 Å². The average Bonchev–Trinajstić information content (AvgIpc) is 3.00. The molecule has 0 spiro atoms. The number of furan rings is 1. The van der Waals surface area contributed by atoms with Crippen LogP contribution in [0.5, 0.6) is 0 Å². The molecule has 1 N–H and O–H groups in total. The van der Waals surface area contributed by atoms with Gasteiger partial charge in [0.1, 0.15) is 0 Å². The molecule has 0 saturated heterocycles. The molecule has 0 aromatic carbocycles. The van der Waals surface area contributed by atoms with Gasteiger partial charge in [0.2, 0.25) is 0 Å². The molecule has 0 atom stereocenters. The molecule has 2 rings (SSSR count). The van der Waals surface area contributed by atoms with E-state index in [1.165, 1.54) is 69.9 Å². The summed E-state index contributed by atoms with van der Waals surface area (Å²) in [6, 6.07) is 2.14. The summed E-state index contributed by atoms with van der Waals surface area (Å²) in [5.74, 6) is 0.980. The van der Waals surface area contributed by atoms with Crippen LogP contribution in [0, 0.1) is 11.3 Å². The normalized spacial score (nSPS) is 26.1. The van der Waals surface area contributed by atoms with Gasteiger partial charge in [-0.1, -0.05) is 33.1 Å². The predicted octanol–water partition coefficient (Wildman–Crippen LogP) is 5.19. The molecule has 2 heteroatoms. The van der Waals surface area contributed by atoms with E-state index in [0.29, 0.717) is 5.41 Å². The lowest BCUT2D eigenvalue weighted by molar-refractivity contribution is 0.138.